The first-order valence-electron chi connectivity index (χ1n) is 6.33. The number of carbonyl (C=O) groups excluding carboxylic acids is 2. The zero-order valence-electron chi connectivity index (χ0n) is 12.4. The number of rotatable bonds is 5. The molecule has 3 N–H and O–H groups in total. The van der Waals surface area contributed by atoms with Gasteiger partial charge in [-0.25, -0.2) is 9.59 Å². The molecule has 0 saturated heterocycles. The van der Waals surface area contributed by atoms with E-state index in [9.17, 15) is 19.5 Å². The van der Waals surface area contributed by atoms with Crippen LogP contribution in [0.4, 0.5) is 9.80 Å². The fraction of sp³-hybridized carbons (Fsp3) is 0.462. The number of amides is 3. The van der Waals surface area contributed by atoms with Gasteiger partial charge in [0.1, 0.15) is 5.00 Å². The summed E-state index contributed by atoms with van der Waals surface area (Å²) >= 11 is 1.23. The Bertz CT molecular complexity index is 568. The van der Waals surface area contributed by atoms with E-state index in [4.69, 9.17) is 0 Å². The number of urea groups is 1. The molecule has 0 aliphatic heterocycles. The Hall–Kier alpha value is -2.09. The van der Waals surface area contributed by atoms with E-state index < -0.39 is 12.0 Å². The van der Waals surface area contributed by atoms with Crippen molar-refractivity contribution >= 4 is 34.2 Å². The van der Waals surface area contributed by atoms with Crippen LogP contribution >= 0.6 is 11.3 Å². The minimum atomic E-state index is -1.07. The summed E-state index contributed by atoms with van der Waals surface area (Å²) in [5, 5.41) is 14.6. The maximum Gasteiger partial charge on any atom is 0.338 e. The summed E-state index contributed by atoms with van der Waals surface area (Å²) in [6.07, 6.45) is 0.189. The van der Waals surface area contributed by atoms with Crippen LogP contribution in [0.2, 0.25) is 0 Å². The van der Waals surface area contributed by atoms with Crippen molar-refractivity contribution in [1.82, 2.24) is 10.2 Å². The van der Waals surface area contributed by atoms with Gasteiger partial charge in [-0.05, 0) is 19.4 Å². The molecule has 1 rings (SSSR count). The van der Waals surface area contributed by atoms with Crippen LogP contribution in [0.3, 0.4) is 0 Å². The molecule has 0 aliphatic carbocycles. The number of nitrogens with one attached hydrogen (secondary N) is 2. The van der Waals surface area contributed by atoms with E-state index in [1.165, 1.54) is 23.3 Å². The summed E-state index contributed by atoms with van der Waals surface area (Å²) in [5.41, 5.74) is 0.765. The normalized spacial score (nSPS) is 10.1. The maximum absolute atomic E-state index is 12.0. The molecule has 1 aromatic heterocycles. The monoisotopic (exact) mass is 313 g/mol. The molecule has 0 aromatic carbocycles. The molecule has 0 radical (unpaired) electrons. The van der Waals surface area contributed by atoms with Gasteiger partial charge in [0.15, 0.2) is 0 Å². The first-order chi connectivity index (χ1) is 9.77. The molecular weight excluding hydrogens is 294 g/mol. The fourth-order valence-electron chi connectivity index (χ4n) is 1.66. The van der Waals surface area contributed by atoms with Crippen LogP contribution in [-0.2, 0) is 4.79 Å². The van der Waals surface area contributed by atoms with Gasteiger partial charge in [0.2, 0.25) is 5.91 Å². The molecule has 1 heterocycles. The number of hydrogen-bond donors (Lipinski definition) is 3. The Balaban J connectivity index is 2.77. The van der Waals surface area contributed by atoms with Crippen molar-refractivity contribution in [3.8, 4) is 0 Å². The number of carboxylic acids is 1. The largest absolute Gasteiger partial charge is 0.478 e. The van der Waals surface area contributed by atoms with Gasteiger partial charge in [-0.3, -0.25) is 10.1 Å². The zero-order chi connectivity index (χ0) is 16.2. The molecule has 3 amide bonds. The second-order valence-corrected chi connectivity index (χ2v) is 5.79. The van der Waals surface area contributed by atoms with Gasteiger partial charge in [-0.1, -0.05) is 0 Å². The maximum atomic E-state index is 12.0. The molecule has 0 saturated carbocycles. The van der Waals surface area contributed by atoms with Crippen LogP contribution in [0.5, 0.6) is 0 Å². The third-order valence-corrected chi connectivity index (χ3v) is 4.24. The lowest BCUT2D eigenvalue weighted by molar-refractivity contribution is -0.120. The van der Waals surface area contributed by atoms with Crippen LogP contribution < -0.4 is 10.6 Å². The highest BCUT2D eigenvalue weighted by molar-refractivity contribution is 7.16. The smallest absolute Gasteiger partial charge is 0.338 e. The number of carboxylic acid groups (broad SMARTS) is 1. The molecule has 1 aromatic rings. The first kappa shape index (κ1) is 17.0. The third-order valence-electron chi connectivity index (χ3n) is 3.12. The lowest BCUT2D eigenvalue weighted by Crippen LogP contribution is -2.34. The lowest BCUT2D eigenvalue weighted by atomic mass is 10.1. The van der Waals surface area contributed by atoms with Crippen molar-refractivity contribution in [2.75, 3.05) is 26.0 Å². The van der Waals surface area contributed by atoms with E-state index in [2.05, 4.69) is 10.6 Å². The summed E-state index contributed by atoms with van der Waals surface area (Å²) in [4.78, 5) is 36.6. The van der Waals surface area contributed by atoms with Gasteiger partial charge in [0.25, 0.3) is 0 Å². The average Bonchev–Trinajstić information content (AvgIpc) is 2.70. The van der Waals surface area contributed by atoms with Gasteiger partial charge in [0.05, 0.1) is 5.56 Å². The molecule has 0 atom stereocenters. The van der Waals surface area contributed by atoms with Gasteiger partial charge in [-0.2, -0.15) is 0 Å². The Morgan fingerprint density at radius 3 is 2.43 bits per heavy atom. The predicted octanol–water partition coefficient (Wildman–Crippen LogP) is 1.66. The number of hydrogen-bond acceptors (Lipinski definition) is 4. The highest BCUT2D eigenvalue weighted by Gasteiger charge is 2.21. The molecule has 0 fully saturated rings. The number of carbonyl (C=O) groups is 3. The Morgan fingerprint density at radius 2 is 1.90 bits per heavy atom. The Morgan fingerprint density at radius 1 is 1.29 bits per heavy atom. The van der Waals surface area contributed by atoms with E-state index in [1.807, 2.05) is 0 Å². The SMILES string of the molecule is CNC(=O)CCN(C)C(=O)Nc1sc(C)c(C)c1C(=O)O. The first-order valence-corrected chi connectivity index (χ1v) is 7.15. The van der Waals surface area contributed by atoms with Crippen molar-refractivity contribution in [2.24, 2.45) is 0 Å². The van der Waals surface area contributed by atoms with E-state index in [0.717, 1.165) is 4.88 Å². The third kappa shape index (κ3) is 4.19. The van der Waals surface area contributed by atoms with Crippen molar-refractivity contribution < 1.29 is 19.5 Å². The number of anilines is 1. The molecule has 116 valence electrons. The van der Waals surface area contributed by atoms with Crippen LogP contribution in [0, 0.1) is 13.8 Å². The summed E-state index contributed by atoms with van der Waals surface area (Å²) in [5.74, 6) is -1.23. The lowest BCUT2D eigenvalue weighted by Gasteiger charge is -2.17. The van der Waals surface area contributed by atoms with Crippen molar-refractivity contribution in [3.05, 3.63) is 16.0 Å². The Labute approximate surface area is 126 Å². The minimum absolute atomic E-state index is 0.116. The molecule has 0 bridgehead atoms. The molecule has 7 nitrogen and oxygen atoms in total. The molecular formula is C13H19N3O4S. The molecule has 0 aliphatic rings. The second kappa shape index (κ2) is 7.07. The topological polar surface area (TPSA) is 98.7 Å². The molecule has 21 heavy (non-hydrogen) atoms. The highest BCUT2D eigenvalue weighted by Crippen LogP contribution is 2.32. The van der Waals surface area contributed by atoms with Crippen molar-refractivity contribution in [3.63, 3.8) is 0 Å². The summed E-state index contributed by atoms with van der Waals surface area (Å²) in [6.45, 7) is 3.76. The quantitative estimate of drug-likeness (QED) is 0.770. The van der Waals surface area contributed by atoms with Crippen LogP contribution in [-0.4, -0.2) is 48.6 Å². The van der Waals surface area contributed by atoms with Crippen LogP contribution in [0.25, 0.3) is 0 Å². The van der Waals surface area contributed by atoms with Crippen LogP contribution in [0.15, 0.2) is 0 Å². The van der Waals surface area contributed by atoms with E-state index >= 15 is 0 Å². The highest BCUT2D eigenvalue weighted by atomic mass is 32.1. The van der Waals surface area contributed by atoms with Gasteiger partial charge >= 0.3 is 12.0 Å². The standard InChI is InChI=1S/C13H19N3O4S/c1-7-8(2)21-11(10(7)12(18)19)15-13(20)16(4)6-5-9(17)14-3/h5-6H2,1-4H3,(H,14,17)(H,15,20)(H,18,19). The average molecular weight is 313 g/mol. The predicted molar refractivity (Wildman–Crippen MR) is 81.1 cm³/mol. The number of aromatic carboxylic acids is 1. The fourth-order valence-corrected chi connectivity index (χ4v) is 2.70. The molecule has 0 spiro atoms. The summed E-state index contributed by atoms with van der Waals surface area (Å²) in [7, 11) is 3.07. The van der Waals surface area contributed by atoms with Crippen molar-refractivity contribution in [1.29, 1.82) is 0 Å². The number of thiophene rings is 1. The van der Waals surface area contributed by atoms with E-state index in [1.54, 1.807) is 20.9 Å². The van der Waals surface area contributed by atoms with Gasteiger partial charge < -0.3 is 15.3 Å². The number of nitrogens with zero attached hydrogens (tertiary/aromatic N) is 1. The summed E-state index contributed by atoms with van der Waals surface area (Å²) in [6, 6.07) is -0.442. The number of aryl methyl sites for hydroxylation is 1. The van der Waals surface area contributed by atoms with E-state index in [0.29, 0.717) is 10.6 Å². The zero-order valence-corrected chi connectivity index (χ0v) is 13.3. The van der Waals surface area contributed by atoms with Gasteiger partial charge in [-0.15, -0.1) is 11.3 Å². The minimum Gasteiger partial charge on any atom is -0.478 e. The van der Waals surface area contributed by atoms with E-state index in [-0.39, 0.29) is 24.4 Å². The van der Waals surface area contributed by atoms with Crippen LogP contribution in [0.1, 0.15) is 27.2 Å². The molecule has 8 heteroatoms. The second-order valence-electron chi connectivity index (χ2n) is 4.57. The molecule has 0 unspecified atom stereocenters. The van der Waals surface area contributed by atoms with Crippen molar-refractivity contribution in [2.45, 2.75) is 20.3 Å². The van der Waals surface area contributed by atoms with Gasteiger partial charge in [0, 0.05) is 31.9 Å². The Kier molecular flexibility index (Phi) is 5.71. The summed E-state index contributed by atoms with van der Waals surface area (Å²) < 4.78 is 0.